The minimum absolute atomic E-state index is 0.478. The van der Waals surface area contributed by atoms with Gasteiger partial charge in [-0.2, -0.15) is 0 Å². The lowest BCUT2D eigenvalue weighted by atomic mass is 10.1. The highest BCUT2D eigenvalue weighted by molar-refractivity contribution is 8.00. The van der Waals surface area contributed by atoms with Gasteiger partial charge < -0.3 is 5.11 Å². The van der Waals surface area contributed by atoms with Crippen LogP contribution in [-0.4, -0.2) is 16.3 Å². The molecule has 0 saturated carbocycles. The van der Waals surface area contributed by atoms with E-state index in [9.17, 15) is 9.90 Å². The maximum atomic E-state index is 11.3. The normalized spacial score (nSPS) is 12.1. The zero-order valence-electron chi connectivity index (χ0n) is 10.1. The molecule has 2 aromatic rings. The summed E-state index contributed by atoms with van der Waals surface area (Å²) in [5.41, 5.74) is 0.972. The van der Waals surface area contributed by atoms with Gasteiger partial charge in [-0.05, 0) is 36.2 Å². The third-order valence-corrected chi connectivity index (χ3v) is 4.08. The molecule has 98 valence electrons. The van der Waals surface area contributed by atoms with Gasteiger partial charge in [-0.3, -0.25) is 4.79 Å². The molecule has 0 aromatic heterocycles. The lowest BCUT2D eigenvalue weighted by Crippen LogP contribution is -2.19. The molecule has 0 aliphatic rings. The maximum Gasteiger partial charge on any atom is 0.317 e. The fourth-order valence-corrected chi connectivity index (χ4v) is 2.82. The van der Waals surface area contributed by atoms with E-state index in [-0.39, 0.29) is 0 Å². The number of carboxylic acids is 1. The summed E-state index contributed by atoms with van der Waals surface area (Å²) in [6.45, 7) is 0. The van der Waals surface area contributed by atoms with Crippen LogP contribution >= 0.6 is 23.4 Å². The van der Waals surface area contributed by atoms with Crippen molar-refractivity contribution in [2.45, 2.75) is 16.6 Å². The third-order valence-electron chi connectivity index (χ3n) is 2.63. The average Bonchev–Trinajstić information content (AvgIpc) is 2.41. The summed E-state index contributed by atoms with van der Waals surface area (Å²) in [5, 5.41) is 9.47. The Kier molecular flexibility index (Phi) is 4.88. The maximum absolute atomic E-state index is 11.3. The minimum atomic E-state index is -0.802. The summed E-state index contributed by atoms with van der Waals surface area (Å²) in [5.74, 6) is -0.802. The monoisotopic (exact) mass is 292 g/mol. The van der Waals surface area contributed by atoms with Gasteiger partial charge in [0.2, 0.25) is 0 Å². The Labute approximate surface area is 121 Å². The number of thioether (sulfide) groups is 1. The molecule has 2 aromatic carbocycles. The molecular weight excluding hydrogens is 280 g/mol. The number of carboxylic acid groups (broad SMARTS) is 1. The first-order valence-corrected chi connectivity index (χ1v) is 7.10. The van der Waals surface area contributed by atoms with Gasteiger partial charge in [0.15, 0.2) is 0 Å². The van der Waals surface area contributed by atoms with Crippen LogP contribution in [0.4, 0.5) is 0 Å². The number of hydrogen-bond donors (Lipinski definition) is 1. The second-order valence-corrected chi connectivity index (χ2v) is 5.80. The number of benzene rings is 2. The first kappa shape index (κ1) is 14.0. The zero-order valence-corrected chi connectivity index (χ0v) is 11.7. The second kappa shape index (κ2) is 6.64. The predicted molar refractivity (Wildman–Crippen MR) is 78.9 cm³/mol. The molecule has 0 radical (unpaired) electrons. The Balaban J connectivity index is 2.08. The van der Waals surface area contributed by atoms with Gasteiger partial charge in [-0.25, -0.2) is 0 Å². The Hall–Kier alpha value is -1.45. The molecule has 0 unspecified atom stereocenters. The minimum Gasteiger partial charge on any atom is -0.480 e. The molecule has 2 nitrogen and oxygen atoms in total. The van der Waals surface area contributed by atoms with E-state index < -0.39 is 11.2 Å². The number of carbonyl (C=O) groups is 1. The standard InChI is InChI=1S/C15H13ClO2S/c16-12-8-6-11(7-9-12)10-14(15(17)18)19-13-4-2-1-3-5-13/h1-9,14H,10H2,(H,17,18)/t14-/m1/s1. The largest absolute Gasteiger partial charge is 0.480 e. The Morgan fingerprint density at radius 3 is 2.32 bits per heavy atom. The molecule has 0 heterocycles. The van der Waals surface area contributed by atoms with E-state index >= 15 is 0 Å². The second-order valence-electron chi connectivity index (χ2n) is 4.09. The lowest BCUT2D eigenvalue weighted by molar-refractivity contribution is -0.136. The Bertz CT molecular complexity index is 540. The highest BCUT2D eigenvalue weighted by atomic mass is 35.5. The van der Waals surface area contributed by atoms with Crippen molar-refractivity contribution in [3.8, 4) is 0 Å². The van der Waals surface area contributed by atoms with Gasteiger partial charge in [-0.15, -0.1) is 11.8 Å². The van der Waals surface area contributed by atoms with Crippen molar-refractivity contribution in [2.24, 2.45) is 0 Å². The molecule has 0 amide bonds. The average molecular weight is 293 g/mol. The van der Waals surface area contributed by atoms with Crippen molar-refractivity contribution in [2.75, 3.05) is 0 Å². The van der Waals surface area contributed by atoms with E-state index in [0.717, 1.165) is 10.5 Å². The van der Waals surface area contributed by atoms with Gasteiger partial charge in [0.05, 0.1) is 0 Å². The molecule has 0 aliphatic carbocycles. The SMILES string of the molecule is O=C(O)[C@@H](Cc1ccc(Cl)cc1)Sc1ccccc1. The van der Waals surface area contributed by atoms with E-state index in [1.54, 1.807) is 12.1 Å². The summed E-state index contributed by atoms with van der Waals surface area (Å²) >= 11 is 7.18. The van der Waals surface area contributed by atoms with Crippen LogP contribution in [0.3, 0.4) is 0 Å². The van der Waals surface area contributed by atoms with Crippen LogP contribution in [0.5, 0.6) is 0 Å². The summed E-state index contributed by atoms with van der Waals surface area (Å²) in [7, 11) is 0. The molecule has 4 heteroatoms. The quantitative estimate of drug-likeness (QED) is 0.842. The molecule has 2 rings (SSSR count). The number of aliphatic carboxylic acids is 1. The van der Waals surface area contributed by atoms with Gasteiger partial charge in [0.25, 0.3) is 0 Å². The van der Waals surface area contributed by atoms with Crippen LogP contribution < -0.4 is 0 Å². The van der Waals surface area contributed by atoms with Crippen molar-refractivity contribution < 1.29 is 9.90 Å². The summed E-state index contributed by atoms with van der Waals surface area (Å²) in [4.78, 5) is 12.3. The molecule has 0 aliphatic heterocycles. The van der Waals surface area contributed by atoms with Crippen molar-refractivity contribution in [3.63, 3.8) is 0 Å². The van der Waals surface area contributed by atoms with E-state index in [4.69, 9.17) is 11.6 Å². The van der Waals surface area contributed by atoms with Crippen molar-refractivity contribution in [1.29, 1.82) is 0 Å². The van der Waals surface area contributed by atoms with Crippen LogP contribution in [0.2, 0.25) is 5.02 Å². The van der Waals surface area contributed by atoms with E-state index in [2.05, 4.69) is 0 Å². The number of rotatable bonds is 5. The molecule has 1 N–H and O–H groups in total. The van der Waals surface area contributed by atoms with Gasteiger partial charge in [-0.1, -0.05) is 41.9 Å². The first-order chi connectivity index (χ1) is 9.15. The highest BCUT2D eigenvalue weighted by Gasteiger charge is 2.19. The molecule has 0 fully saturated rings. The molecule has 0 spiro atoms. The fourth-order valence-electron chi connectivity index (χ4n) is 1.68. The summed E-state index contributed by atoms with van der Waals surface area (Å²) in [6, 6.07) is 16.9. The van der Waals surface area contributed by atoms with Crippen molar-refractivity contribution in [3.05, 3.63) is 65.2 Å². The van der Waals surface area contributed by atoms with Gasteiger partial charge >= 0.3 is 5.97 Å². The van der Waals surface area contributed by atoms with Crippen LogP contribution in [0.25, 0.3) is 0 Å². The topological polar surface area (TPSA) is 37.3 Å². The highest BCUT2D eigenvalue weighted by Crippen LogP contribution is 2.26. The molecule has 0 bridgehead atoms. The van der Waals surface area contributed by atoms with Crippen LogP contribution in [0.1, 0.15) is 5.56 Å². The van der Waals surface area contributed by atoms with Crippen molar-refractivity contribution >= 4 is 29.3 Å². The third kappa shape index (κ3) is 4.30. The van der Waals surface area contributed by atoms with Crippen molar-refractivity contribution in [1.82, 2.24) is 0 Å². The smallest absolute Gasteiger partial charge is 0.317 e. The van der Waals surface area contributed by atoms with E-state index in [1.807, 2.05) is 42.5 Å². The number of hydrogen-bond acceptors (Lipinski definition) is 2. The number of halogens is 1. The van der Waals surface area contributed by atoms with Crippen LogP contribution in [0.15, 0.2) is 59.5 Å². The Morgan fingerprint density at radius 1 is 1.11 bits per heavy atom. The van der Waals surface area contributed by atoms with Crippen LogP contribution in [-0.2, 0) is 11.2 Å². The molecular formula is C15H13ClO2S. The first-order valence-electron chi connectivity index (χ1n) is 5.84. The molecule has 19 heavy (non-hydrogen) atoms. The van der Waals surface area contributed by atoms with E-state index in [0.29, 0.717) is 11.4 Å². The summed E-state index contributed by atoms with van der Waals surface area (Å²) in [6.07, 6.45) is 0.478. The lowest BCUT2D eigenvalue weighted by Gasteiger charge is -2.12. The van der Waals surface area contributed by atoms with Gasteiger partial charge in [0.1, 0.15) is 5.25 Å². The Morgan fingerprint density at radius 2 is 1.74 bits per heavy atom. The van der Waals surface area contributed by atoms with Gasteiger partial charge in [0, 0.05) is 9.92 Å². The fraction of sp³-hybridized carbons (Fsp3) is 0.133. The summed E-state index contributed by atoms with van der Waals surface area (Å²) < 4.78 is 0. The van der Waals surface area contributed by atoms with Crippen LogP contribution in [0, 0.1) is 0 Å². The van der Waals surface area contributed by atoms with E-state index in [1.165, 1.54) is 11.8 Å². The zero-order chi connectivity index (χ0) is 13.7. The predicted octanol–water partition coefficient (Wildman–Crippen LogP) is 4.13. The molecule has 0 saturated heterocycles. The molecule has 1 atom stereocenters.